The van der Waals surface area contributed by atoms with Crippen LogP contribution >= 0.6 is 34.8 Å². The molecule has 34 heavy (non-hydrogen) atoms. The quantitative estimate of drug-likeness (QED) is 0.479. The van der Waals surface area contributed by atoms with Crippen molar-refractivity contribution >= 4 is 52.1 Å². The van der Waals surface area contributed by atoms with Gasteiger partial charge in [0.15, 0.2) is 0 Å². The highest BCUT2D eigenvalue weighted by molar-refractivity contribution is 6.41. The van der Waals surface area contributed by atoms with Gasteiger partial charge < -0.3 is 0 Å². The average molecular weight is 534 g/mol. The summed E-state index contributed by atoms with van der Waals surface area (Å²) in [5.74, 6) is -3.07. The van der Waals surface area contributed by atoms with E-state index in [1.807, 2.05) is 0 Å². The maximum Gasteiger partial charge on any atom is 0.399 e. The maximum absolute atomic E-state index is 14.5. The van der Waals surface area contributed by atoms with E-state index in [0.29, 0.717) is 28.7 Å². The minimum Gasteiger partial charge on any atom is -0.284 e. The summed E-state index contributed by atoms with van der Waals surface area (Å²) < 4.78 is 43.5. The number of hydrogen-bond acceptors (Lipinski definition) is 4. The number of hydrogen-bond donors (Lipinski definition) is 1. The van der Waals surface area contributed by atoms with Crippen LogP contribution in [0.4, 0.5) is 18.9 Å². The van der Waals surface area contributed by atoms with E-state index in [-0.39, 0.29) is 10.7 Å². The molecule has 1 amide bonds. The van der Waals surface area contributed by atoms with Gasteiger partial charge in [-0.25, -0.2) is 5.01 Å². The standard InChI is InChI=1S/C23H22Cl3F3N4O/c24-15-7-5-14(6-8-15)21-19(23(27,28)29)20(22(34)31-32-11-3-1-2-4-12-32)30-33(21)18-10-9-16(25)13-17(18)26/h5-10,13,19,21H,1-4,11-12H2,(H,31,34). The highest BCUT2D eigenvalue weighted by Crippen LogP contribution is 2.48. The lowest BCUT2D eigenvalue weighted by atomic mass is 9.88. The van der Waals surface area contributed by atoms with E-state index in [9.17, 15) is 18.0 Å². The van der Waals surface area contributed by atoms with Crippen molar-refractivity contribution < 1.29 is 18.0 Å². The van der Waals surface area contributed by atoms with Crippen LogP contribution in [0.25, 0.3) is 0 Å². The third kappa shape index (κ3) is 5.46. The Bertz CT molecular complexity index is 1070. The number of alkyl halides is 3. The van der Waals surface area contributed by atoms with Gasteiger partial charge >= 0.3 is 6.18 Å². The minimum absolute atomic E-state index is 0.116. The van der Waals surface area contributed by atoms with Crippen molar-refractivity contribution in [3.8, 4) is 0 Å². The highest BCUT2D eigenvalue weighted by Gasteiger charge is 2.56. The summed E-state index contributed by atoms with van der Waals surface area (Å²) in [4.78, 5) is 13.1. The van der Waals surface area contributed by atoms with Gasteiger partial charge in [0.25, 0.3) is 5.91 Å². The molecule has 4 rings (SSSR count). The number of anilines is 1. The zero-order valence-corrected chi connectivity index (χ0v) is 20.2. The molecule has 0 bridgehead atoms. The zero-order chi connectivity index (χ0) is 24.5. The van der Waals surface area contributed by atoms with Crippen molar-refractivity contribution in [1.29, 1.82) is 0 Å². The lowest BCUT2D eigenvalue weighted by Gasteiger charge is -2.30. The molecule has 2 aromatic rings. The Morgan fingerprint density at radius 2 is 1.56 bits per heavy atom. The number of nitrogens with one attached hydrogen (secondary N) is 1. The SMILES string of the molecule is O=C(NN1CCCCCC1)C1=NN(c2ccc(Cl)cc2Cl)C(c2ccc(Cl)cc2)C1C(F)(F)F. The van der Waals surface area contributed by atoms with E-state index in [1.54, 1.807) is 5.01 Å². The number of hydrazine groups is 1. The number of rotatable bonds is 4. The second-order valence-electron chi connectivity index (χ2n) is 8.28. The summed E-state index contributed by atoms with van der Waals surface area (Å²) in [6.45, 7) is 1.14. The fourth-order valence-electron chi connectivity index (χ4n) is 4.30. The third-order valence-corrected chi connectivity index (χ3v) is 6.70. The van der Waals surface area contributed by atoms with Crippen LogP contribution in [0, 0.1) is 5.92 Å². The molecule has 0 radical (unpaired) electrons. The molecule has 0 aliphatic carbocycles. The van der Waals surface area contributed by atoms with Crippen LogP contribution in [0.5, 0.6) is 0 Å². The topological polar surface area (TPSA) is 47.9 Å². The maximum atomic E-state index is 14.5. The van der Waals surface area contributed by atoms with Gasteiger partial charge in [-0.2, -0.15) is 18.3 Å². The van der Waals surface area contributed by atoms with Crippen LogP contribution in [-0.4, -0.2) is 35.9 Å². The van der Waals surface area contributed by atoms with E-state index < -0.39 is 29.8 Å². The monoisotopic (exact) mass is 532 g/mol. The Morgan fingerprint density at radius 1 is 0.941 bits per heavy atom. The van der Waals surface area contributed by atoms with Crippen LogP contribution in [0.3, 0.4) is 0 Å². The summed E-state index contributed by atoms with van der Waals surface area (Å²) in [6.07, 6.45) is -1.02. The summed E-state index contributed by atoms with van der Waals surface area (Å²) in [5, 5.41) is 7.83. The molecular weight excluding hydrogens is 512 g/mol. The Morgan fingerprint density at radius 3 is 2.15 bits per heavy atom. The Balaban J connectivity index is 1.78. The van der Waals surface area contributed by atoms with E-state index in [0.717, 1.165) is 30.7 Å². The molecule has 2 heterocycles. The highest BCUT2D eigenvalue weighted by atomic mass is 35.5. The zero-order valence-electron chi connectivity index (χ0n) is 18.0. The molecule has 1 saturated heterocycles. The summed E-state index contributed by atoms with van der Waals surface area (Å²) >= 11 is 18.3. The second-order valence-corrected chi connectivity index (χ2v) is 9.56. The van der Waals surface area contributed by atoms with Crippen molar-refractivity contribution in [2.75, 3.05) is 18.1 Å². The number of carbonyl (C=O) groups is 1. The van der Waals surface area contributed by atoms with Crippen molar-refractivity contribution in [2.45, 2.75) is 37.9 Å². The smallest absolute Gasteiger partial charge is 0.284 e. The summed E-state index contributed by atoms with van der Waals surface area (Å²) in [5.41, 5.74) is 2.52. The predicted molar refractivity (Wildman–Crippen MR) is 128 cm³/mol. The minimum atomic E-state index is -4.76. The number of carbonyl (C=O) groups excluding carboxylic acids is 1. The Hall–Kier alpha value is -2.00. The molecule has 2 aromatic carbocycles. The van der Waals surface area contributed by atoms with Gasteiger partial charge in [-0.1, -0.05) is 59.8 Å². The predicted octanol–water partition coefficient (Wildman–Crippen LogP) is 6.65. The first-order chi connectivity index (χ1) is 16.1. The number of nitrogens with zero attached hydrogens (tertiary/aromatic N) is 3. The van der Waals surface area contributed by atoms with Gasteiger partial charge in [-0.05, 0) is 48.7 Å². The van der Waals surface area contributed by atoms with E-state index in [4.69, 9.17) is 34.8 Å². The largest absolute Gasteiger partial charge is 0.399 e. The molecule has 0 spiro atoms. The molecule has 11 heteroatoms. The van der Waals surface area contributed by atoms with E-state index in [2.05, 4.69) is 10.5 Å². The Labute approximate surface area is 210 Å². The summed E-state index contributed by atoms with van der Waals surface area (Å²) in [6, 6.07) is 9.05. The van der Waals surface area contributed by atoms with Crippen LogP contribution in [0.1, 0.15) is 37.3 Å². The van der Waals surface area contributed by atoms with Crippen molar-refractivity contribution in [3.05, 3.63) is 63.1 Å². The van der Waals surface area contributed by atoms with Gasteiger partial charge in [-0.15, -0.1) is 0 Å². The molecule has 182 valence electrons. The molecule has 0 aromatic heterocycles. The number of halogens is 6. The lowest BCUT2D eigenvalue weighted by molar-refractivity contribution is -0.160. The van der Waals surface area contributed by atoms with Crippen LogP contribution < -0.4 is 10.4 Å². The molecule has 2 aliphatic heterocycles. The summed E-state index contributed by atoms with van der Waals surface area (Å²) in [7, 11) is 0. The van der Waals surface area contributed by atoms with Crippen LogP contribution in [0.2, 0.25) is 15.1 Å². The second kappa shape index (κ2) is 10.3. The van der Waals surface area contributed by atoms with Crippen molar-refractivity contribution in [2.24, 2.45) is 11.0 Å². The van der Waals surface area contributed by atoms with Crippen molar-refractivity contribution in [1.82, 2.24) is 10.4 Å². The molecule has 2 aliphatic rings. The molecule has 0 saturated carbocycles. The van der Waals surface area contributed by atoms with E-state index >= 15 is 0 Å². The molecule has 1 N–H and O–H groups in total. The molecule has 2 unspecified atom stereocenters. The van der Waals surface area contributed by atoms with Crippen LogP contribution in [0.15, 0.2) is 47.6 Å². The third-order valence-electron chi connectivity index (χ3n) is 5.91. The normalized spacial score (nSPS) is 21.8. The molecule has 5 nitrogen and oxygen atoms in total. The van der Waals surface area contributed by atoms with E-state index in [1.165, 1.54) is 42.5 Å². The molecule has 1 fully saturated rings. The first-order valence-electron chi connectivity index (χ1n) is 10.9. The lowest BCUT2D eigenvalue weighted by Crippen LogP contribution is -2.49. The Kier molecular flexibility index (Phi) is 7.62. The van der Waals surface area contributed by atoms with Gasteiger partial charge in [0.05, 0.1) is 16.8 Å². The number of hydrazone groups is 1. The van der Waals surface area contributed by atoms with Gasteiger partial charge in [-0.3, -0.25) is 15.2 Å². The van der Waals surface area contributed by atoms with Crippen molar-refractivity contribution in [3.63, 3.8) is 0 Å². The molecule has 2 atom stereocenters. The first-order valence-corrected chi connectivity index (χ1v) is 12.0. The van der Waals surface area contributed by atoms with Gasteiger partial charge in [0.2, 0.25) is 0 Å². The molecular formula is C23H22Cl3F3N4O. The first kappa shape index (κ1) is 25.1. The fraction of sp³-hybridized carbons (Fsp3) is 0.391. The number of amides is 1. The van der Waals surface area contributed by atoms with Gasteiger partial charge in [0.1, 0.15) is 11.6 Å². The van der Waals surface area contributed by atoms with Gasteiger partial charge in [0, 0.05) is 23.1 Å². The fourth-order valence-corrected chi connectivity index (χ4v) is 4.92. The van der Waals surface area contributed by atoms with Crippen LogP contribution in [-0.2, 0) is 4.79 Å². The number of benzene rings is 2. The average Bonchev–Trinajstić information content (AvgIpc) is 2.99.